The molecule has 6 aliphatic rings. The van der Waals surface area contributed by atoms with E-state index in [1.165, 1.54) is 52.3 Å². The first-order valence-electron chi connectivity index (χ1n) is 41.3. The van der Waals surface area contributed by atoms with Gasteiger partial charge in [0.1, 0.15) is 57.4 Å². The van der Waals surface area contributed by atoms with Crippen LogP contribution in [0.1, 0.15) is 160 Å². The van der Waals surface area contributed by atoms with Crippen LogP contribution in [-0.2, 0) is 102 Å². The van der Waals surface area contributed by atoms with Crippen molar-refractivity contribution in [3.8, 4) is 33.8 Å². The molecule has 0 bridgehead atoms. The van der Waals surface area contributed by atoms with Gasteiger partial charge in [0.15, 0.2) is 33.9 Å². The van der Waals surface area contributed by atoms with E-state index in [4.69, 9.17) is 58.1 Å². The van der Waals surface area contributed by atoms with E-state index in [2.05, 4.69) is 84.3 Å². The molecule has 12 rings (SSSR count). The minimum Gasteiger partial charge on any atom is -0.485 e. The second-order valence-electron chi connectivity index (χ2n) is 36.9. The third-order valence-electron chi connectivity index (χ3n) is 21.1. The number of fused-ring (bicyclic) bond motifs is 2. The average molecular weight is 1790 g/mol. The van der Waals surface area contributed by atoms with E-state index >= 15 is 0 Å². The minimum atomic E-state index is -5.51. The quantitative estimate of drug-likeness (QED) is 0.00516. The van der Waals surface area contributed by atoms with Crippen molar-refractivity contribution in [2.24, 2.45) is 33.6 Å². The number of carbonyl (C=O) groups excluding carboxylic acids is 8. The highest BCUT2D eigenvalue weighted by Gasteiger charge is 2.62. The Morgan fingerprint density at radius 3 is 1.23 bits per heavy atom. The number of hydrogen-bond donors (Lipinski definition) is 10. The van der Waals surface area contributed by atoms with Crippen molar-refractivity contribution < 1.29 is 103 Å². The van der Waals surface area contributed by atoms with Gasteiger partial charge in [0.05, 0.1) is 49.7 Å². The summed E-state index contributed by atoms with van der Waals surface area (Å²) in [7, 11) is -5.51. The number of β-lactam (4-membered cyclic amide) rings is 2. The van der Waals surface area contributed by atoms with Gasteiger partial charge in [-0.15, -0.1) is 31.2 Å². The summed E-state index contributed by atoms with van der Waals surface area (Å²) in [6.45, 7) is 35.4. The van der Waals surface area contributed by atoms with E-state index in [0.29, 0.717) is 72.5 Å². The number of carbonyl (C=O) groups is 8. The number of hydroxylamine groups is 4. The molecule has 6 aliphatic heterocycles. The van der Waals surface area contributed by atoms with Crippen molar-refractivity contribution in [3.05, 3.63) is 106 Å². The highest BCUT2D eigenvalue weighted by Crippen LogP contribution is 2.42. The fourth-order valence-corrected chi connectivity index (χ4v) is 16.6. The van der Waals surface area contributed by atoms with Crippen molar-refractivity contribution >= 4 is 114 Å². The Morgan fingerprint density at radius 2 is 0.904 bits per heavy atom. The number of nitrogens with two attached hydrogens (primary N) is 2. The zero-order valence-electron chi connectivity index (χ0n) is 73.6. The lowest BCUT2D eigenvalue weighted by atomic mass is 9.84. The molecule has 0 saturated carbocycles. The number of thiazole rings is 2. The number of ether oxygens (including phenoxy) is 6. The summed E-state index contributed by atoms with van der Waals surface area (Å²) in [6, 6.07) is 16.3. The van der Waals surface area contributed by atoms with Gasteiger partial charge in [-0.2, -0.15) is 18.5 Å². The molecule has 6 aromatic rings. The Kier molecular flexibility index (Phi) is 27.4. The summed E-state index contributed by atoms with van der Waals surface area (Å²) in [4.78, 5) is 136. The normalized spacial score (nSPS) is 20.0. The van der Waals surface area contributed by atoms with Gasteiger partial charge < -0.3 is 70.8 Å². The van der Waals surface area contributed by atoms with Crippen molar-refractivity contribution in [2.45, 2.75) is 232 Å². The molecule has 4 saturated heterocycles. The number of anilines is 4. The van der Waals surface area contributed by atoms with Crippen LogP contribution in [0.15, 0.2) is 94.1 Å². The summed E-state index contributed by atoms with van der Waals surface area (Å²) in [6.07, 6.45) is 1.32. The summed E-state index contributed by atoms with van der Waals surface area (Å²) < 4.78 is 79.3. The molecular formula is C84H114N18O20S3+2. The third-order valence-corrected chi connectivity index (χ3v) is 23.3. The molecule has 10 heterocycles. The van der Waals surface area contributed by atoms with Gasteiger partial charge in [0, 0.05) is 85.1 Å². The Bertz CT molecular complexity index is 4960. The molecule has 0 radical (unpaired) electrons. The molecule has 0 unspecified atom stereocenters. The van der Waals surface area contributed by atoms with Crippen LogP contribution in [0, 0.1) is 11.8 Å². The standard InChI is InChI=1S/C84H112N18O20S3/c1-77(2,3)115-71(107)83(17,59-27-21-51-35-49(19-25-57(51)113-59)53-23-29-61(89-33-31-85)99(43-53)41-47-37-87-38-47)119-97-63(55-45-123-73(91-55)95-75(109)117-79(7,8)9)67(103)93-65-69(105)101(81(65,13)14)121-125(111,112)122-102-70(106)66(82(102,15)16)94-68(104)64(56-46-124-74(92-56)96-76(110)118-80(10,11)12)98-120-84(18,72(108)116-78(4,5)6)60-28-22-52-36-50(20-26-58(52)114-60)54-24-30-62(90-34-32-86)100(44-54)42-48-39-88-40-48/h19-20,23-26,29-30,35-36,43-48,59-60,65-66,87-88H,21-22,27-28,31-34,37-42,85-86H2,1-18H3,(H4,91,92,93,94,95,96,103,104,109,110)/p+2/b97-63-,98-64-/t59-,60-,65-,66-,83+,84+/m1/s1. The molecule has 38 nitrogen and oxygen atoms in total. The molecule has 6 atom stereocenters. The predicted molar refractivity (Wildman–Crippen MR) is 462 cm³/mol. The number of amides is 6. The average Bonchev–Trinajstić information content (AvgIpc) is 1.31. The summed E-state index contributed by atoms with van der Waals surface area (Å²) in [5.41, 5.74) is 3.54. The molecule has 676 valence electrons. The zero-order chi connectivity index (χ0) is 90.9. The number of aromatic nitrogens is 4. The van der Waals surface area contributed by atoms with Crippen LogP contribution in [0.25, 0.3) is 22.3 Å². The molecule has 125 heavy (non-hydrogen) atoms. The maximum Gasteiger partial charge on any atom is 0.442 e. The molecule has 4 fully saturated rings. The molecule has 0 aliphatic carbocycles. The zero-order valence-corrected chi connectivity index (χ0v) is 76.0. The van der Waals surface area contributed by atoms with Crippen LogP contribution in [0.3, 0.4) is 0 Å². The van der Waals surface area contributed by atoms with Crippen LogP contribution in [0.2, 0.25) is 0 Å². The van der Waals surface area contributed by atoms with E-state index in [0.717, 1.165) is 107 Å². The Balaban J connectivity index is 0.755. The van der Waals surface area contributed by atoms with Gasteiger partial charge in [-0.3, -0.25) is 40.4 Å². The first kappa shape index (κ1) is 93.4. The molecule has 0 spiro atoms. The number of rotatable bonds is 32. The van der Waals surface area contributed by atoms with Crippen molar-refractivity contribution in [2.75, 3.05) is 73.6 Å². The van der Waals surface area contributed by atoms with E-state index in [1.807, 2.05) is 48.5 Å². The molecule has 41 heteroatoms. The summed E-state index contributed by atoms with van der Waals surface area (Å²) in [5.74, 6) is -2.79. The Labute approximate surface area is 733 Å². The van der Waals surface area contributed by atoms with E-state index in [9.17, 15) is 46.8 Å². The maximum absolute atomic E-state index is 15.0. The van der Waals surface area contributed by atoms with Crippen LogP contribution >= 0.6 is 22.7 Å². The van der Waals surface area contributed by atoms with E-state index < -0.39 is 139 Å². The van der Waals surface area contributed by atoms with Crippen LogP contribution in [-0.4, -0.2) is 209 Å². The lowest BCUT2D eigenvalue weighted by molar-refractivity contribution is -0.690. The predicted octanol–water partition coefficient (Wildman–Crippen LogP) is 6.83. The lowest BCUT2D eigenvalue weighted by Crippen LogP contribution is -2.78. The van der Waals surface area contributed by atoms with Crippen molar-refractivity contribution in [3.63, 3.8) is 0 Å². The molecule has 12 N–H and O–H groups in total. The number of benzene rings is 2. The second-order valence-corrected chi connectivity index (χ2v) is 39.7. The molecule has 4 aromatic heterocycles. The molecular weight excluding hydrogens is 1680 g/mol. The highest BCUT2D eigenvalue weighted by molar-refractivity contribution is 7.81. The van der Waals surface area contributed by atoms with E-state index in [-0.39, 0.29) is 34.5 Å². The maximum atomic E-state index is 15.0. The smallest absolute Gasteiger partial charge is 0.442 e. The third kappa shape index (κ3) is 22.2. The molecule has 6 amide bonds. The second kappa shape index (κ2) is 36.7. The highest BCUT2D eigenvalue weighted by atomic mass is 32.3. The first-order valence-corrected chi connectivity index (χ1v) is 44.4. The van der Waals surface area contributed by atoms with Crippen LogP contribution in [0.5, 0.6) is 11.5 Å². The Morgan fingerprint density at radius 1 is 0.544 bits per heavy atom. The van der Waals surface area contributed by atoms with Gasteiger partial charge in [-0.25, -0.2) is 38.3 Å². The minimum absolute atomic E-state index is 0.0689. The van der Waals surface area contributed by atoms with Crippen molar-refractivity contribution in [1.29, 1.82) is 0 Å². The number of hydrogen-bond acceptors (Lipinski definition) is 32. The fourth-order valence-electron chi connectivity index (χ4n) is 14.3. The van der Waals surface area contributed by atoms with Gasteiger partial charge in [0.25, 0.3) is 46.5 Å². The number of oxime groups is 2. The first-order chi connectivity index (χ1) is 58.5. The number of aryl methyl sites for hydroxylation is 2. The topological polar surface area (TPSA) is 476 Å². The van der Waals surface area contributed by atoms with E-state index in [1.54, 1.807) is 95.2 Å². The number of esters is 2. The van der Waals surface area contributed by atoms with Crippen LogP contribution < -0.4 is 72.6 Å². The monoisotopic (exact) mass is 1790 g/mol. The number of nitrogens with one attached hydrogen (secondary N) is 8. The lowest BCUT2D eigenvalue weighted by Gasteiger charge is -2.52. The van der Waals surface area contributed by atoms with Gasteiger partial charge >= 0.3 is 34.5 Å². The Hall–Kier alpha value is -10.8. The SMILES string of the molecule is CC(C)(C)OC(=O)Nc1nc(/C(=N/O[C@](C)(C(=O)OC(C)(C)C)[C@H]2CCc3cc(-c4ccc(NCCN)[n+](CC5CNC5)c4)ccc3O2)C(=O)N[C@@H]2C(=O)N(OS(=O)(=O)ON3C(=O)[C@@H](NC(=O)/C(=N\O[C@](C)(C(=O)OC(C)(C)C)[C@H]4CCc5cc(-c6ccc(NCCN)[n+](CC7CNC7)c6)ccc5O4)c4csc(NC(=O)OC(C)(C)C)n4)C3(C)C)C2(C)C)cs1. The fraction of sp³-hybridized carbons (Fsp3) is 0.548. The summed E-state index contributed by atoms with van der Waals surface area (Å²) >= 11 is 1.72. The molecule has 2 aromatic carbocycles. The van der Waals surface area contributed by atoms with Gasteiger partial charge in [-0.05, 0) is 209 Å². The number of nitrogens with zero attached hydrogens (tertiary/aromatic N) is 8. The van der Waals surface area contributed by atoms with Crippen molar-refractivity contribution in [1.82, 2.24) is 41.4 Å². The van der Waals surface area contributed by atoms with Gasteiger partial charge in [0.2, 0.25) is 0 Å². The van der Waals surface area contributed by atoms with Crippen LogP contribution in [0.4, 0.5) is 31.5 Å². The summed E-state index contributed by atoms with van der Waals surface area (Å²) in [5, 5.41) is 35.6. The largest absolute Gasteiger partial charge is 0.485 e. The van der Waals surface area contributed by atoms with Gasteiger partial charge in [-0.1, -0.05) is 22.4 Å². The number of pyridine rings is 2.